The smallest absolute Gasteiger partial charge is 0.255 e. The summed E-state index contributed by atoms with van der Waals surface area (Å²) in [6.45, 7) is 6.77. The van der Waals surface area contributed by atoms with Gasteiger partial charge < -0.3 is 14.6 Å². The monoisotopic (exact) mass is 303 g/mol. The van der Waals surface area contributed by atoms with Crippen LogP contribution < -0.4 is 10.1 Å². The van der Waals surface area contributed by atoms with Crippen LogP contribution in [0.15, 0.2) is 28.8 Å². The fraction of sp³-hybridized carbons (Fsp3) is 0.438. The summed E-state index contributed by atoms with van der Waals surface area (Å²) in [4.78, 5) is 16.3. The maximum atomic E-state index is 12.2. The van der Waals surface area contributed by atoms with Crippen molar-refractivity contribution in [1.82, 2.24) is 15.5 Å². The lowest BCUT2D eigenvalue weighted by Crippen LogP contribution is -2.25. The highest BCUT2D eigenvalue weighted by atomic mass is 16.5. The molecule has 1 aromatic heterocycles. The highest BCUT2D eigenvalue weighted by Gasteiger charge is 2.13. The van der Waals surface area contributed by atoms with Gasteiger partial charge in [-0.2, -0.15) is 4.98 Å². The first-order valence-electron chi connectivity index (χ1n) is 7.35. The summed E-state index contributed by atoms with van der Waals surface area (Å²) in [5.41, 5.74) is 0.506. The van der Waals surface area contributed by atoms with Gasteiger partial charge >= 0.3 is 0 Å². The van der Waals surface area contributed by atoms with Crippen LogP contribution in [0.3, 0.4) is 0 Å². The van der Waals surface area contributed by atoms with E-state index in [1.54, 1.807) is 19.1 Å². The van der Waals surface area contributed by atoms with Gasteiger partial charge in [-0.1, -0.05) is 31.1 Å². The van der Waals surface area contributed by atoms with Crippen molar-refractivity contribution in [3.63, 3.8) is 0 Å². The van der Waals surface area contributed by atoms with Crippen LogP contribution in [0, 0.1) is 12.8 Å². The Morgan fingerprint density at radius 2 is 2.14 bits per heavy atom. The Morgan fingerprint density at radius 1 is 1.36 bits per heavy atom. The molecule has 0 spiro atoms. The number of carbonyl (C=O) groups excluding carboxylic acids is 1. The molecule has 0 fully saturated rings. The zero-order valence-electron chi connectivity index (χ0n) is 13.1. The number of hydrogen-bond donors (Lipinski definition) is 1. The maximum absolute atomic E-state index is 12.2. The first-order chi connectivity index (χ1) is 10.6. The number of nitrogens with zero attached hydrogens (tertiary/aromatic N) is 2. The van der Waals surface area contributed by atoms with Gasteiger partial charge in [0, 0.05) is 13.5 Å². The van der Waals surface area contributed by atoms with E-state index in [9.17, 15) is 4.79 Å². The lowest BCUT2D eigenvalue weighted by atomic mass is 10.1. The van der Waals surface area contributed by atoms with E-state index in [0.29, 0.717) is 35.5 Å². The highest BCUT2D eigenvalue weighted by Crippen LogP contribution is 2.19. The van der Waals surface area contributed by atoms with Crippen molar-refractivity contribution in [2.24, 2.45) is 5.92 Å². The molecule has 22 heavy (non-hydrogen) atoms. The van der Waals surface area contributed by atoms with Gasteiger partial charge in [0.25, 0.3) is 5.91 Å². The number of ether oxygens (including phenoxy) is 1. The van der Waals surface area contributed by atoms with Crippen LogP contribution in [-0.4, -0.2) is 22.6 Å². The molecule has 0 aliphatic rings. The van der Waals surface area contributed by atoms with Gasteiger partial charge in [-0.15, -0.1) is 0 Å². The molecule has 0 aliphatic carbocycles. The lowest BCUT2D eigenvalue weighted by molar-refractivity contribution is 0.0947. The Kier molecular flexibility index (Phi) is 5.52. The van der Waals surface area contributed by atoms with Crippen molar-refractivity contribution in [1.29, 1.82) is 0 Å². The van der Waals surface area contributed by atoms with E-state index in [1.165, 1.54) is 0 Å². The molecule has 0 atom stereocenters. The zero-order chi connectivity index (χ0) is 15.9. The molecule has 1 aromatic carbocycles. The van der Waals surface area contributed by atoms with Crippen molar-refractivity contribution in [3.05, 3.63) is 41.5 Å². The van der Waals surface area contributed by atoms with E-state index < -0.39 is 0 Å². The average Bonchev–Trinajstić information content (AvgIpc) is 2.90. The molecule has 0 saturated heterocycles. The Labute approximate surface area is 129 Å². The van der Waals surface area contributed by atoms with Crippen molar-refractivity contribution in [2.75, 3.05) is 6.54 Å². The molecule has 2 aromatic rings. The van der Waals surface area contributed by atoms with E-state index in [4.69, 9.17) is 9.26 Å². The first-order valence-corrected chi connectivity index (χ1v) is 7.35. The molecule has 1 N–H and O–H groups in total. The van der Waals surface area contributed by atoms with E-state index in [-0.39, 0.29) is 12.5 Å². The second-order valence-electron chi connectivity index (χ2n) is 5.45. The average molecular weight is 303 g/mol. The number of aryl methyl sites for hydroxylation is 1. The van der Waals surface area contributed by atoms with E-state index in [2.05, 4.69) is 29.3 Å². The second kappa shape index (κ2) is 7.59. The van der Waals surface area contributed by atoms with Crippen LogP contribution in [0.2, 0.25) is 0 Å². The number of para-hydroxylation sites is 1. The standard InChI is InChI=1S/C16H21N3O3/c1-11(2)8-9-17-16(20)13-6-4-5-7-14(13)21-10-15-18-12(3)22-19-15/h4-7,11H,8-10H2,1-3H3,(H,17,20). The number of benzene rings is 1. The van der Waals surface area contributed by atoms with Gasteiger partial charge in [-0.25, -0.2) is 0 Å². The largest absolute Gasteiger partial charge is 0.485 e. The zero-order valence-corrected chi connectivity index (χ0v) is 13.1. The SMILES string of the molecule is Cc1nc(COc2ccccc2C(=O)NCCC(C)C)no1. The van der Waals surface area contributed by atoms with Gasteiger partial charge in [0.2, 0.25) is 11.7 Å². The molecular formula is C16H21N3O3. The third kappa shape index (κ3) is 4.58. The summed E-state index contributed by atoms with van der Waals surface area (Å²) in [5, 5.41) is 6.67. The van der Waals surface area contributed by atoms with Crippen LogP contribution >= 0.6 is 0 Å². The van der Waals surface area contributed by atoms with Crippen LogP contribution in [0.4, 0.5) is 0 Å². The molecule has 0 unspecified atom stereocenters. The molecule has 6 nitrogen and oxygen atoms in total. The predicted molar refractivity (Wildman–Crippen MR) is 81.6 cm³/mol. The number of amides is 1. The van der Waals surface area contributed by atoms with Crippen LogP contribution in [0.25, 0.3) is 0 Å². The number of rotatable bonds is 7. The van der Waals surface area contributed by atoms with Crippen molar-refractivity contribution in [3.8, 4) is 5.75 Å². The molecular weight excluding hydrogens is 282 g/mol. The normalized spacial score (nSPS) is 10.7. The third-order valence-corrected chi connectivity index (χ3v) is 3.07. The molecule has 2 rings (SSSR count). The summed E-state index contributed by atoms with van der Waals surface area (Å²) in [7, 11) is 0. The van der Waals surface area contributed by atoms with Crippen molar-refractivity contribution in [2.45, 2.75) is 33.8 Å². The Bertz CT molecular complexity index is 623. The van der Waals surface area contributed by atoms with Gasteiger partial charge in [0.15, 0.2) is 6.61 Å². The number of aromatic nitrogens is 2. The van der Waals surface area contributed by atoms with Crippen LogP contribution in [0.5, 0.6) is 5.75 Å². The Morgan fingerprint density at radius 3 is 2.82 bits per heavy atom. The second-order valence-corrected chi connectivity index (χ2v) is 5.45. The van der Waals surface area contributed by atoms with Crippen LogP contribution in [-0.2, 0) is 6.61 Å². The first kappa shape index (κ1) is 16.0. The lowest BCUT2D eigenvalue weighted by Gasteiger charge is -2.11. The number of carbonyl (C=O) groups is 1. The number of hydrogen-bond acceptors (Lipinski definition) is 5. The minimum atomic E-state index is -0.138. The highest BCUT2D eigenvalue weighted by molar-refractivity contribution is 5.96. The van der Waals surface area contributed by atoms with Gasteiger partial charge in [0.05, 0.1) is 5.56 Å². The topological polar surface area (TPSA) is 77.2 Å². The summed E-state index contributed by atoms with van der Waals surface area (Å²) in [6, 6.07) is 7.12. The third-order valence-electron chi connectivity index (χ3n) is 3.07. The fourth-order valence-electron chi connectivity index (χ4n) is 1.89. The summed E-state index contributed by atoms with van der Waals surface area (Å²) < 4.78 is 10.5. The molecule has 0 radical (unpaired) electrons. The minimum absolute atomic E-state index is 0.138. The molecule has 118 valence electrons. The fourth-order valence-corrected chi connectivity index (χ4v) is 1.89. The molecule has 1 heterocycles. The van der Waals surface area contributed by atoms with E-state index in [1.807, 2.05) is 12.1 Å². The predicted octanol–water partition coefficient (Wildman–Crippen LogP) is 2.73. The molecule has 0 bridgehead atoms. The Hall–Kier alpha value is -2.37. The van der Waals surface area contributed by atoms with Crippen molar-refractivity contribution >= 4 is 5.91 Å². The maximum Gasteiger partial charge on any atom is 0.255 e. The van der Waals surface area contributed by atoms with Crippen molar-refractivity contribution < 1.29 is 14.1 Å². The van der Waals surface area contributed by atoms with Gasteiger partial charge in [-0.05, 0) is 24.5 Å². The summed E-state index contributed by atoms with van der Waals surface area (Å²) in [5.74, 6) is 1.85. The quantitative estimate of drug-likeness (QED) is 0.851. The Balaban J connectivity index is 1.98. The molecule has 0 saturated carbocycles. The summed E-state index contributed by atoms with van der Waals surface area (Å²) >= 11 is 0. The van der Waals surface area contributed by atoms with Gasteiger partial charge in [0.1, 0.15) is 5.75 Å². The molecule has 0 aliphatic heterocycles. The minimum Gasteiger partial charge on any atom is -0.485 e. The van der Waals surface area contributed by atoms with Crippen LogP contribution in [0.1, 0.15) is 42.3 Å². The summed E-state index contributed by atoms with van der Waals surface area (Å²) in [6.07, 6.45) is 0.941. The van der Waals surface area contributed by atoms with Gasteiger partial charge in [-0.3, -0.25) is 4.79 Å². The van der Waals surface area contributed by atoms with E-state index in [0.717, 1.165) is 6.42 Å². The number of nitrogens with one attached hydrogen (secondary N) is 1. The molecule has 1 amide bonds. The van der Waals surface area contributed by atoms with E-state index >= 15 is 0 Å². The molecule has 6 heteroatoms.